The number of rotatable bonds is 7. The topological polar surface area (TPSA) is 36.0 Å². The molecule has 2 heterocycles. The monoisotopic (exact) mass is 621 g/mol. The van der Waals surface area contributed by atoms with Gasteiger partial charge in [-0.05, 0) is 56.5 Å². The normalized spacial score (nSPS) is 21.7. The van der Waals surface area contributed by atoms with Crippen molar-refractivity contribution in [1.29, 1.82) is 0 Å². The number of likely N-dealkylation sites (tertiary alicyclic amines) is 1. The summed E-state index contributed by atoms with van der Waals surface area (Å²) in [6.07, 6.45) is -11.0. The van der Waals surface area contributed by atoms with Gasteiger partial charge >= 0.3 is 12.4 Å². The highest BCUT2D eigenvalue weighted by atomic mass is 35.5. The van der Waals surface area contributed by atoms with E-state index in [-0.39, 0.29) is 35.9 Å². The Kier molecular flexibility index (Phi) is 11.4. The second-order valence-corrected chi connectivity index (χ2v) is 11.2. The summed E-state index contributed by atoms with van der Waals surface area (Å²) < 4.78 is 86.8. The van der Waals surface area contributed by atoms with Crippen molar-refractivity contribution >= 4 is 18.3 Å². The standard InChI is InChI=1S/C30H37F6N3O2.ClH/c1-20(2)38-13-11-37(12-14-38)19-28(40)39-10-9-27(26(18-39)22-7-5-4-6-8-22)41-21(3)23-15-24(29(31,32)33)17-25(16-23)30(34,35)36;/h4-8,15-17,20-21,26-27H,9-14,18-19H2,1-3H3;1H/t21-,26+,27+;/m1./s1. The van der Waals surface area contributed by atoms with Crippen LogP contribution in [0.5, 0.6) is 0 Å². The Morgan fingerprint density at radius 3 is 1.98 bits per heavy atom. The lowest BCUT2D eigenvalue weighted by molar-refractivity contribution is -0.143. The zero-order chi connectivity index (χ0) is 29.9. The fourth-order valence-electron chi connectivity index (χ4n) is 5.62. The van der Waals surface area contributed by atoms with Crippen molar-refractivity contribution in [3.05, 3.63) is 70.8 Å². The molecule has 234 valence electrons. The molecule has 0 radical (unpaired) electrons. The van der Waals surface area contributed by atoms with Crippen LogP contribution in [0.4, 0.5) is 26.3 Å². The summed E-state index contributed by atoms with van der Waals surface area (Å²) in [7, 11) is 0. The van der Waals surface area contributed by atoms with Gasteiger partial charge in [0.2, 0.25) is 5.91 Å². The molecule has 2 aromatic carbocycles. The van der Waals surface area contributed by atoms with E-state index in [1.54, 1.807) is 4.90 Å². The number of hydrogen-bond acceptors (Lipinski definition) is 4. The summed E-state index contributed by atoms with van der Waals surface area (Å²) >= 11 is 0. The molecule has 0 aliphatic carbocycles. The third-order valence-corrected chi connectivity index (χ3v) is 8.08. The van der Waals surface area contributed by atoms with Crippen LogP contribution < -0.4 is 0 Å². The van der Waals surface area contributed by atoms with Crippen molar-refractivity contribution in [3.8, 4) is 0 Å². The molecule has 2 aliphatic heterocycles. The van der Waals surface area contributed by atoms with E-state index >= 15 is 0 Å². The van der Waals surface area contributed by atoms with E-state index in [1.807, 2.05) is 30.3 Å². The summed E-state index contributed by atoms with van der Waals surface area (Å²) in [4.78, 5) is 19.6. The number of piperazine rings is 1. The van der Waals surface area contributed by atoms with Gasteiger partial charge in [-0.15, -0.1) is 12.4 Å². The van der Waals surface area contributed by atoms with Crippen molar-refractivity contribution in [2.24, 2.45) is 0 Å². The highest BCUT2D eigenvalue weighted by Crippen LogP contribution is 2.39. The molecular weight excluding hydrogens is 584 g/mol. The molecule has 3 atom stereocenters. The fourth-order valence-corrected chi connectivity index (χ4v) is 5.62. The van der Waals surface area contributed by atoms with Gasteiger partial charge in [-0.25, -0.2) is 0 Å². The molecule has 1 amide bonds. The van der Waals surface area contributed by atoms with Crippen LogP contribution in [0.3, 0.4) is 0 Å². The van der Waals surface area contributed by atoms with Crippen LogP contribution >= 0.6 is 12.4 Å². The van der Waals surface area contributed by atoms with Gasteiger partial charge in [0, 0.05) is 51.2 Å². The van der Waals surface area contributed by atoms with E-state index < -0.39 is 35.7 Å². The Balaban J connectivity index is 0.00000484. The van der Waals surface area contributed by atoms with Crippen LogP contribution in [0.1, 0.15) is 61.5 Å². The van der Waals surface area contributed by atoms with E-state index in [4.69, 9.17) is 4.74 Å². The SMILES string of the molecule is CC(C)N1CCN(CC(=O)N2CC[C@H](O[C@H](C)c3cc(C(F)(F)F)cc(C(F)(F)F)c3)[C@H](c3ccccc3)C2)CC1.Cl. The lowest BCUT2D eigenvalue weighted by atomic mass is 9.87. The Labute approximate surface area is 249 Å². The van der Waals surface area contributed by atoms with Crippen LogP contribution in [0.15, 0.2) is 48.5 Å². The van der Waals surface area contributed by atoms with E-state index in [9.17, 15) is 31.1 Å². The number of piperidine rings is 1. The largest absolute Gasteiger partial charge is 0.416 e. The van der Waals surface area contributed by atoms with Gasteiger partial charge in [0.1, 0.15) is 0 Å². The van der Waals surface area contributed by atoms with Gasteiger partial charge in [-0.2, -0.15) is 26.3 Å². The minimum atomic E-state index is -4.94. The second kappa shape index (κ2) is 14.0. The van der Waals surface area contributed by atoms with Crippen molar-refractivity contribution < 1.29 is 35.9 Å². The van der Waals surface area contributed by atoms with E-state index in [0.717, 1.165) is 43.9 Å². The first kappa shape index (κ1) is 34.2. The van der Waals surface area contributed by atoms with Crippen molar-refractivity contribution in [1.82, 2.24) is 14.7 Å². The molecule has 2 fully saturated rings. The molecule has 0 unspecified atom stereocenters. The zero-order valence-corrected chi connectivity index (χ0v) is 24.7. The minimum absolute atomic E-state index is 0. The first-order valence-corrected chi connectivity index (χ1v) is 14.0. The predicted molar refractivity (Wildman–Crippen MR) is 151 cm³/mol. The van der Waals surface area contributed by atoms with Crippen LogP contribution in [0, 0.1) is 0 Å². The summed E-state index contributed by atoms with van der Waals surface area (Å²) in [6, 6.07) is 11.4. The predicted octanol–water partition coefficient (Wildman–Crippen LogP) is 6.63. The third-order valence-electron chi connectivity index (χ3n) is 8.08. The van der Waals surface area contributed by atoms with Gasteiger partial charge in [-0.1, -0.05) is 30.3 Å². The zero-order valence-electron chi connectivity index (χ0n) is 23.9. The summed E-state index contributed by atoms with van der Waals surface area (Å²) in [5.41, 5.74) is -2.04. The van der Waals surface area contributed by atoms with Crippen LogP contribution in [-0.4, -0.2) is 78.6 Å². The first-order chi connectivity index (χ1) is 19.2. The number of carbonyl (C=O) groups is 1. The average Bonchev–Trinajstić information content (AvgIpc) is 2.92. The Bertz CT molecular complexity index is 1140. The first-order valence-electron chi connectivity index (χ1n) is 14.0. The molecule has 2 aromatic rings. The fraction of sp³-hybridized carbons (Fsp3) is 0.567. The maximum atomic E-state index is 13.4. The van der Waals surface area contributed by atoms with Crippen molar-refractivity contribution in [3.63, 3.8) is 0 Å². The molecule has 2 saturated heterocycles. The molecular formula is C30H38ClF6N3O2. The molecule has 0 aromatic heterocycles. The van der Waals surface area contributed by atoms with Crippen molar-refractivity contribution in [2.45, 2.75) is 63.7 Å². The molecule has 4 rings (SSSR count). The minimum Gasteiger partial charge on any atom is -0.370 e. The van der Waals surface area contributed by atoms with Crippen LogP contribution in [-0.2, 0) is 21.9 Å². The maximum Gasteiger partial charge on any atom is 0.416 e. The maximum absolute atomic E-state index is 13.4. The van der Waals surface area contributed by atoms with Gasteiger partial charge in [0.25, 0.3) is 0 Å². The Morgan fingerprint density at radius 1 is 0.881 bits per heavy atom. The quantitative estimate of drug-likeness (QED) is 0.325. The lowest BCUT2D eigenvalue weighted by Gasteiger charge is -2.41. The number of amides is 1. The number of halogens is 7. The molecule has 42 heavy (non-hydrogen) atoms. The molecule has 0 spiro atoms. The number of alkyl halides is 6. The highest BCUT2D eigenvalue weighted by Gasteiger charge is 2.39. The van der Waals surface area contributed by atoms with Gasteiger partial charge in [0.05, 0.1) is 29.9 Å². The van der Waals surface area contributed by atoms with Crippen LogP contribution in [0.25, 0.3) is 0 Å². The number of ether oxygens (including phenoxy) is 1. The number of nitrogens with zero attached hydrogens (tertiary/aromatic N) is 3. The van der Waals surface area contributed by atoms with E-state index in [0.29, 0.717) is 32.1 Å². The smallest absolute Gasteiger partial charge is 0.370 e. The van der Waals surface area contributed by atoms with Crippen molar-refractivity contribution in [2.75, 3.05) is 45.8 Å². The van der Waals surface area contributed by atoms with Gasteiger partial charge in [-0.3, -0.25) is 14.6 Å². The highest BCUT2D eigenvalue weighted by molar-refractivity contribution is 5.85. The summed E-state index contributed by atoms with van der Waals surface area (Å²) in [6.45, 7) is 10.2. The second-order valence-electron chi connectivity index (χ2n) is 11.2. The molecule has 2 aliphatic rings. The summed E-state index contributed by atoms with van der Waals surface area (Å²) in [5, 5.41) is 0. The Morgan fingerprint density at radius 2 is 1.45 bits per heavy atom. The summed E-state index contributed by atoms with van der Waals surface area (Å²) in [5.74, 6) is -0.287. The van der Waals surface area contributed by atoms with E-state index in [1.165, 1.54) is 6.92 Å². The van der Waals surface area contributed by atoms with Crippen LogP contribution in [0.2, 0.25) is 0 Å². The molecule has 0 saturated carbocycles. The van der Waals surface area contributed by atoms with Gasteiger partial charge in [0.15, 0.2) is 0 Å². The third kappa shape index (κ3) is 8.61. The average molecular weight is 622 g/mol. The Hall–Kier alpha value is -2.34. The molecule has 12 heteroatoms. The molecule has 0 bridgehead atoms. The molecule has 5 nitrogen and oxygen atoms in total. The molecule has 0 N–H and O–H groups in total. The van der Waals surface area contributed by atoms with Gasteiger partial charge < -0.3 is 9.64 Å². The van der Waals surface area contributed by atoms with E-state index in [2.05, 4.69) is 23.6 Å². The number of benzene rings is 2. The number of hydrogen-bond donors (Lipinski definition) is 0. The number of carbonyl (C=O) groups excluding carboxylic acids is 1. The lowest BCUT2D eigenvalue weighted by Crippen LogP contribution is -2.53.